The van der Waals surface area contributed by atoms with Crippen molar-refractivity contribution in [3.63, 3.8) is 0 Å². The van der Waals surface area contributed by atoms with Crippen LogP contribution in [-0.2, 0) is 17.8 Å². The van der Waals surface area contributed by atoms with E-state index in [2.05, 4.69) is 35.4 Å². The Morgan fingerprint density at radius 3 is 2.76 bits per heavy atom. The van der Waals surface area contributed by atoms with Crippen molar-refractivity contribution in [2.45, 2.75) is 39.5 Å². The van der Waals surface area contributed by atoms with E-state index in [1.54, 1.807) is 11.1 Å². The minimum absolute atomic E-state index is 0.414. The summed E-state index contributed by atoms with van der Waals surface area (Å²) in [5.74, 6) is 0.754. The molecule has 4 heterocycles. The topological polar surface area (TPSA) is 63.5 Å². The minimum atomic E-state index is -0.581. The number of carbonyl (C=O) groups excluding carboxylic acids is 1. The summed E-state index contributed by atoms with van der Waals surface area (Å²) >= 11 is 9.98. The van der Waals surface area contributed by atoms with Crippen molar-refractivity contribution < 1.29 is 9.53 Å². The van der Waals surface area contributed by atoms with Crippen LogP contribution in [0.3, 0.4) is 0 Å². The second kappa shape index (κ2) is 7.50. The number of carbonyl (C=O) groups is 1. The molecule has 0 bridgehead atoms. The van der Waals surface area contributed by atoms with Gasteiger partial charge in [0.25, 0.3) is 0 Å². The van der Waals surface area contributed by atoms with E-state index < -0.39 is 11.7 Å². The summed E-state index contributed by atoms with van der Waals surface area (Å²) in [6.45, 7) is 7.56. The third kappa shape index (κ3) is 3.79. The van der Waals surface area contributed by atoms with Gasteiger partial charge in [0, 0.05) is 19.3 Å². The number of allylic oxidation sites excluding steroid dienone is 4. The molecule has 9 heteroatoms. The van der Waals surface area contributed by atoms with Gasteiger partial charge in [-0.25, -0.2) is 19.7 Å². The van der Waals surface area contributed by atoms with E-state index in [-0.39, 0.29) is 0 Å². The normalized spacial score (nSPS) is 16.7. The highest BCUT2D eigenvalue weighted by molar-refractivity contribution is 9.10. The van der Waals surface area contributed by atoms with Crippen LogP contribution in [0, 0.1) is 0 Å². The fraction of sp³-hybridized carbons (Fsp3) is 0.350. The second-order valence-electron chi connectivity index (χ2n) is 7.80. The molecule has 2 aromatic heterocycles. The van der Waals surface area contributed by atoms with Crippen molar-refractivity contribution >= 4 is 44.7 Å². The van der Waals surface area contributed by atoms with Gasteiger partial charge in [-0.3, -0.25) is 0 Å². The van der Waals surface area contributed by atoms with Crippen LogP contribution in [0.15, 0.2) is 47.1 Å². The first-order chi connectivity index (χ1) is 13.8. The maximum Gasteiger partial charge on any atom is 0.420 e. The van der Waals surface area contributed by atoms with E-state index >= 15 is 0 Å². The Morgan fingerprint density at radius 1 is 1.21 bits per heavy atom. The average molecular weight is 479 g/mol. The molecule has 0 spiro atoms. The lowest BCUT2D eigenvalue weighted by molar-refractivity contribution is 0.0326. The molecule has 0 radical (unpaired) electrons. The minimum Gasteiger partial charge on any atom is -0.443 e. The van der Waals surface area contributed by atoms with Crippen LogP contribution in [0.4, 0.5) is 4.79 Å². The fourth-order valence-electron chi connectivity index (χ4n) is 3.43. The number of rotatable bonds is 1. The molecular formula is C20H21BrClN5O2. The summed E-state index contributed by atoms with van der Waals surface area (Å²) in [5, 5.41) is 1.23. The van der Waals surface area contributed by atoms with Crippen LogP contribution in [0.1, 0.15) is 26.5 Å². The Kier molecular flexibility index (Phi) is 5.16. The molecule has 0 fully saturated rings. The molecule has 29 heavy (non-hydrogen) atoms. The highest BCUT2D eigenvalue weighted by Crippen LogP contribution is 2.37. The van der Waals surface area contributed by atoms with Crippen molar-refractivity contribution in [3.05, 3.63) is 58.0 Å². The fourth-order valence-corrected chi connectivity index (χ4v) is 4.47. The third-order valence-corrected chi connectivity index (χ3v) is 5.77. The first kappa shape index (κ1) is 20.0. The zero-order chi connectivity index (χ0) is 20.8. The lowest BCUT2D eigenvalue weighted by Gasteiger charge is -2.36. The van der Waals surface area contributed by atoms with Gasteiger partial charge in [-0.05, 0) is 48.9 Å². The third-order valence-electron chi connectivity index (χ3n) is 4.63. The molecule has 1 amide bonds. The maximum absolute atomic E-state index is 12.8. The Hall–Kier alpha value is -2.32. The van der Waals surface area contributed by atoms with Gasteiger partial charge >= 0.3 is 6.09 Å². The maximum atomic E-state index is 12.8. The molecule has 0 aromatic carbocycles. The van der Waals surface area contributed by atoms with Gasteiger partial charge in [-0.2, -0.15) is 0 Å². The smallest absolute Gasteiger partial charge is 0.420 e. The van der Waals surface area contributed by atoms with Crippen molar-refractivity contribution in [1.29, 1.82) is 0 Å². The predicted octanol–water partition coefficient (Wildman–Crippen LogP) is 4.82. The molecule has 0 unspecified atom stereocenters. The number of hydrogen-bond acceptors (Lipinski definition) is 5. The van der Waals surface area contributed by atoms with E-state index in [4.69, 9.17) is 16.3 Å². The predicted molar refractivity (Wildman–Crippen MR) is 115 cm³/mol. The van der Waals surface area contributed by atoms with Crippen LogP contribution in [0.5, 0.6) is 0 Å². The largest absolute Gasteiger partial charge is 0.443 e. The molecule has 152 valence electrons. The Morgan fingerprint density at radius 2 is 2.00 bits per heavy atom. The zero-order valence-corrected chi connectivity index (χ0v) is 18.7. The molecule has 2 aliphatic heterocycles. The summed E-state index contributed by atoms with van der Waals surface area (Å²) in [7, 11) is 0. The Balaban J connectivity index is 1.68. The van der Waals surface area contributed by atoms with Gasteiger partial charge in [-0.1, -0.05) is 23.8 Å². The Labute approximate surface area is 182 Å². The van der Waals surface area contributed by atoms with Gasteiger partial charge in [-0.15, -0.1) is 0 Å². The lowest BCUT2D eigenvalue weighted by Crippen LogP contribution is -2.42. The van der Waals surface area contributed by atoms with E-state index in [0.29, 0.717) is 24.8 Å². The van der Waals surface area contributed by atoms with Crippen LogP contribution in [0.25, 0.3) is 11.0 Å². The van der Waals surface area contributed by atoms with Crippen LogP contribution in [-0.4, -0.2) is 42.6 Å². The van der Waals surface area contributed by atoms with Crippen LogP contribution < -0.4 is 0 Å². The standard InChI is InChI=1S/C20H21BrClN5O2/c1-20(2,3)29-19(28)27-8-6-4-5-7-14(27)25-9-10-26-13(11-25)16(21)15-17(22)23-12-24-18(15)26/h4-8,12H,9-11H2,1-3H3. The van der Waals surface area contributed by atoms with Gasteiger partial charge in [0.05, 0.1) is 22.1 Å². The van der Waals surface area contributed by atoms with Gasteiger partial charge in [0.15, 0.2) is 0 Å². The van der Waals surface area contributed by atoms with Crippen LogP contribution >= 0.6 is 27.5 Å². The molecule has 2 aliphatic rings. The highest BCUT2D eigenvalue weighted by atomic mass is 79.9. The molecule has 4 rings (SSSR count). The van der Waals surface area contributed by atoms with E-state index in [0.717, 1.165) is 27.0 Å². The zero-order valence-electron chi connectivity index (χ0n) is 16.4. The quantitative estimate of drug-likeness (QED) is 0.550. The van der Waals surface area contributed by atoms with Gasteiger partial charge < -0.3 is 14.2 Å². The number of nitrogens with zero attached hydrogens (tertiary/aromatic N) is 5. The number of halogens is 2. The second-order valence-corrected chi connectivity index (χ2v) is 8.95. The summed E-state index contributed by atoms with van der Waals surface area (Å²) in [4.78, 5) is 25.0. The Bertz CT molecular complexity index is 1070. The molecule has 0 aliphatic carbocycles. The monoisotopic (exact) mass is 477 g/mol. The highest BCUT2D eigenvalue weighted by Gasteiger charge is 2.31. The number of fused-ring (bicyclic) bond motifs is 3. The van der Waals surface area contributed by atoms with Crippen molar-refractivity contribution in [2.24, 2.45) is 0 Å². The molecular weight excluding hydrogens is 458 g/mol. The summed E-state index contributed by atoms with van der Waals surface area (Å²) in [5.41, 5.74) is 1.27. The number of aromatic nitrogens is 3. The number of amides is 1. The number of ether oxygens (including phenoxy) is 1. The van der Waals surface area contributed by atoms with Gasteiger partial charge in [0.1, 0.15) is 28.5 Å². The first-order valence-corrected chi connectivity index (χ1v) is 10.4. The van der Waals surface area contributed by atoms with E-state index in [1.165, 1.54) is 6.33 Å². The molecule has 0 saturated carbocycles. The number of hydrogen-bond donors (Lipinski definition) is 0. The molecule has 0 atom stereocenters. The van der Waals surface area contributed by atoms with Crippen molar-refractivity contribution in [3.8, 4) is 0 Å². The van der Waals surface area contributed by atoms with Gasteiger partial charge in [0.2, 0.25) is 0 Å². The van der Waals surface area contributed by atoms with E-state index in [1.807, 2.05) is 45.1 Å². The summed E-state index contributed by atoms with van der Waals surface area (Å²) < 4.78 is 8.63. The molecule has 0 N–H and O–H groups in total. The van der Waals surface area contributed by atoms with Crippen LogP contribution in [0.2, 0.25) is 5.15 Å². The summed E-state index contributed by atoms with van der Waals surface area (Å²) in [6.07, 6.45) is 10.3. The molecule has 2 aromatic rings. The summed E-state index contributed by atoms with van der Waals surface area (Å²) in [6, 6.07) is 0. The molecule has 0 saturated heterocycles. The average Bonchev–Trinajstić information content (AvgIpc) is 2.82. The van der Waals surface area contributed by atoms with E-state index in [9.17, 15) is 4.79 Å². The lowest BCUT2D eigenvalue weighted by atomic mass is 10.2. The van der Waals surface area contributed by atoms with Crippen molar-refractivity contribution in [1.82, 2.24) is 24.3 Å². The SMILES string of the molecule is CC(C)(C)OC(=O)N1C=CC=CC=C1N1CCn2c(c(Br)c3c(Cl)ncnc32)C1. The van der Waals surface area contributed by atoms with Crippen molar-refractivity contribution in [2.75, 3.05) is 6.54 Å². The first-order valence-electron chi connectivity index (χ1n) is 9.25. The molecule has 7 nitrogen and oxygen atoms in total.